The molecule has 0 amide bonds. The van der Waals surface area contributed by atoms with E-state index in [0.29, 0.717) is 5.92 Å². The maximum absolute atomic E-state index is 11.8. The molecule has 0 bridgehead atoms. The molecule has 1 aliphatic heterocycles. The first kappa shape index (κ1) is 11.9. The van der Waals surface area contributed by atoms with Gasteiger partial charge in [-0.1, -0.05) is 0 Å². The summed E-state index contributed by atoms with van der Waals surface area (Å²) in [7, 11) is -3.27. The molecule has 1 unspecified atom stereocenters. The second-order valence-electron chi connectivity index (χ2n) is 5.70. The largest absolute Gasteiger partial charge is 0.316 e. The van der Waals surface area contributed by atoms with Gasteiger partial charge < -0.3 is 5.32 Å². The topological polar surface area (TPSA) is 70.2 Å². The van der Waals surface area contributed by atoms with Crippen LogP contribution in [0, 0.1) is 11.8 Å². The van der Waals surface area contributed by atoms with Crippen LogP contribution in [0.25, 0.3) is 0 Å². The summed E-state index contributed by atoms with van der Waals surface area (Å²) in [5, 5.41) is 3.40. The summed E-state index contributed by atoms with van der Waals surface area (Å²) >= 11 is 0. The smallest absolute Gasteiger partial charge is 0.277 e. The first-order valence-electron chi connectivity index (χ1n) is 6.63. The third-order valence-corrected chi connectivity index (χ3v) is 5.46. The second kappa shape index (κ2) is 4.50. The van der Waals surface area contributed by atoms with E-state index >= 15 is 0 Å². The molecule has 0 aromatic rings. The maximum atomic E-state index is 11.8. The molecule has 2 saturated carbocycles. The Morgan fingerprint density at radius 1 is 0.882 bits per heavy atom. The van der Waals surface area contributed by atoms with Gasteiger partial charge in [-0.15, -0.1) is 0 Å². The molecule has 5 nitrogen and oxygen atoms in total. The predicted octanol–water partition coefficient (Wildman–Crippen LogP) is -0.0391. The van der Waals surface area contributed by atoms with E-state index in [9.17, 15) is 8.42 Å². The molecule has 3 atom stereocenters. The molecule has 0 spiro atoms. The van der Waals surface area contributed by atoms with E-state index in [4.69, 9.17) is 0 Å². The minimum atomic E-state index is -3.27. The maximum Gasteiger partial charge on any atom is 0.277 e. The van der Waals surface area contributed by atoms with Crippen molar-refractivity contribution in [3.8, 4) is 0 Å². The second-order valence-corrected chi connectivity index (χ2v) is 7.18. The molecule has 3 aliphatic rings. The standard InChI is InChI=1S/C11H21N3O2S/c15-17(16,13-10-3-4-10)14-11-2-1-8-6-12-7-9(8)5-11/h8-14H,1-7H2/t8-,9+,11?/m0/s1. The van der Waals surface area contributed by atoms with Gasteiger partial charge in [0, 0.05) is 12.1 Å². The summed E-state index contributed by atoms with van der Waals surface area (Å²) in [5.41, 5.74) is 0. The van der Waals surface area contributed by atoms with Crippen LogP contribution < -0.4 is 14.8 Å². The van der Waals surface area contributed by atoms with Crippen LogP contribution in [0.15, 0.2) is 0 Å². The van der Waals surface area contributed by atoms with Crippen LogP contribution in [-0.4, -0.2) is 33.6 Å². The third kappa shape index (κ3) is 2.99. The zero-order valence-corrected chi connectivity index (χ0v) is 10.8. The average molecular weight is 259 g/mol. The molecule has 0 radical (unpaired) electrons. The van der Waals surface area contributed by atoms with Gasteiger partial charge in [0.25, 0.3) is 10.2 Å². The third-order valence-electron chi connectivity index (χ3n) is 4.17. The van der Waals surface area contributed by atoms with Crippen LogP contribution >= 0.6 is 0 Å². The van der Waals surface area contributed by atoms with Gasteiger partial charge in [-0.2, -0.15) is 17.9 Å². The van der Waals surface area contributed by atoms with Crippen molar-refractivity contribution in [2.45, 2.75) is 44.2 Å². The highest BCUT2D eigenvalue weighted by molar-refractivity contribution is 7.87. The molecule has 3 N–H and O–H groups in total. The van der Waals surface area contributed by atoms with Crippen molar-refractivity contribution in [2.75, 3.05) is 13.1 Å². The van der Waals surface area contributed by atoms with E-state index in [1.165, 1.54) is 0 Å². The van der Waals surface area contributed by atoms with Crippen molar-refractivity contribution < 1.29 is 8.42 Å². The van der Waals surface area contributed by atoms with E-state index in [1.807, 2.05) is 0 Å². The summed E-state index contributed by atoms with van der Waals surface area (Å²) in [6, 6.07) is 0.324. The van der Waals surface area contributed by atoms with Crippen molar-refractivity contribution in [3.05, 3.63) is 0 Å². The van der Waals surface area contributed by atoms with Gasteiger partial charge in [-0.3, -0.25) is 0 Å². The van der Waals surface area contributed by atoms with Gasteiger partial charge in [0.05, 0.1) is 0 Å². The van der Waals surface area contributed by atoms with E-state index in [1.54, 1.807) is 0 Å². The fraction of sp³-hybridized carbons (Fsp3) is 1.00. The van der Waals surface area contributed by atoms with E-state index in [2.05, 4.69) is 14.8 Å². The van der Waals surface area contributed by atoms with Crippen molar-refractivity contribution in [2.24, 2.45) is 11.8 Å². The van der Waals surface area contributed by atoms with Gasteiger partial charge in [0.2, 0.25) is 0 Å². The fourth-order valence-electron chi connectivity index (χ4n) is 3.08. The summed E-state index contributed by atoms with van der Waals surface area (Å²) in [6.45, 7) is 2.17. The number of hydrogen-bond acceptors (Lipinski definition) is 3. The molecular formula is C11H21N3O2S. The molecule has 1 saturated heterocycles. The monoisotopic (exact) mass is 259 g/mol. The molecular weight excluding hydrogens is 238 g/mol. The molecule has 3 rings (SSSR count). The highest BCUT2D eigenvalue weighted by Gasteiger charge is 2.36. The average Bonchev–Trinajstić information content (AvgIpc) is 2.93. The summed E-state index contributed by atoms with van der Waals surface area (Å²) < 4.78 is 29.1. The van der Waals surface area contributed by atoms with Crippen LogP contribution in [0.2, 0.25) is 0 Å². The fourth-order valence-corrected chi connectivity index (χ4v) is 4.48. The Kier molecular flexibility index (Phi) is 3.15. The Morgan fingerprint density at radius 2 is 1.53 bits per heavy atom. The Bertz CT molecular complexity index is 380. The number of rotatable bonds is 4. The van der Waals surface area contributed by atoms with Crippen LogP contribution in [0.1, 0.15) is 32.1 Å². The first-order chi connectivity index (χ1) is 8.12. The Labute approximate surface area is 103 Å². The van der Waals surface area contributed by atoms with Gasteiger partial charge >= 0.3 is 0 Å². The first-order valence-corrected chi connectivity index (χ1v) is 8.11. The number of nitrogens with one attached hydrogen (secondary N) is 3. The molecule has 0 aromatic carbocycles. The van der Waals surface area contributed by atoms with Crippen molar-refractivity contribution in [1.29, 1.82) is 0 Å². The molecule has 6 heteroatoms. The summed E-state index contributed by atoms with van der Waals surface area (Å²) in [5.74, 6) is 1.43. The summed E-state index contributed by atoms with van der Waals surface area (Å²) in [6.07, 6.45) is 5.09. The summed E-state index contributed by atoms with van der Waals surface area (Å²) in [4.78, 5) is 0. The number of hydrogen-bond donors (Lipinski definition) is 3. The van der Waals surface area contributed by atoms with Crippen molar-refractivity contribution >= 4 is 10.2 Å². The molecule has 3 fully saturated rings. The quantitative estimate of drug-likeness (QED) is 0.663. The van der Waals surface area contributed by atoms with E-state index in [-0.39, 0.29) is 12.1 Å². The van der Waals surface area contributed by atoms with Gasteiger partial charge in [-0.25, -0.2) is 0 Å². The normalized spacial score (nSPS) is 38.0. The SMILES string of the molecule is O=S(=O)(NC1CC1)NC1CC[C@H]2CNC[C@H]2C1. The van der Waals surface area contributed by atoms with E-state index in [0.717, 1.165) is 51.1 Å². The lowest BCUT2D eigenvalue weighted by molar-refractivity contribution is 0.260. The highest BCUT2D eigenvalue weighted by Crippen LogP contribution is 2.32. The van der Waals surface area contributed by atoms with Gasteiger partial charge in [-0.05, 0) is 57.0 Å². The minimum absolute atomic E-state index is 0.132. The molecule has 98 valence electrons. The number of fused-ring (bicyclic) bond motifs is 1. The molecule has 0 aromatic heterocycles. The molecule has 1 heterocycles. The predicted molar refractivity (Wildman–Crippen MR) is 65.7 cm³/mol. The lowest BCUT2D eigenvalue weighted by Gasteiger charge is -2.31. The lowest BCUT2D eigenvalue weighted by atomic mass is 9.79. The van der Waals surface area contributed by atoms with Crippen molar-refractivity contribution in [1.82, 2.24) is 14.8 Å². The van der Waals surface area contributed by atoms with Crippen molar-refractivity contribution in [3.63, 3.8) is 0 Å². The van der Waals surface area contributed by atoms with Gasteiger partial charge in [0.1, 0.15) is 0 Å². The van der Waals surface area contributed by atoms with Crippen LogP contribution in [0.4, 0.5) is 0 Å². The molecule has 2 aliphatic carbocycles. The molecule has 17 heavy (non-hydrogen) atoms. The zero-order valence-electron chi connectivity index (χ0n) is 9.98. The Balaban J connectivity index is 1.54. The van der Waals surface area contributed by atoms with E-state index < -0.39 is 10.2 Å². The Morgan fingerprint density at radius 3 is 2.29 bits per heavy atom. The highest BCUT2D eigenvalue weighted by atomic mass is 32.2. The van der Waals surface area contributed by atoms with Crippen LogP contribution in [-0.2, 0) is 10.2 Å². The minimum Gasteiger partial charge on any atom is -0.316 e. The van der Waals surface area contributed by atoms with Gasteiger partial charge in [0.15, 0.2) is 0 Å². The Hall–Kier alpha value is -0.170. The van der Waals surface area contributed by atoms with Crippen LogP contribution in [0.3, 0.4) is 0 Å². The van der Waals surface area contributed by atoms with Crippen LogP contribution in [0.5, 0.6) is 0 Å². The zero-order chi connectivity index (χ0) is 11.9. The lowest BCUT2D eigenvalue weighted by Crippen LogP contribution is -2.46.